The average Bonchev–Trinajstić information content (AvgIpc) is 3.24. The van der Waals surface area contributed by atoms with E-state index in [9.17, 15) is 0 Å². The molecule has 26 heavy (non-hydrogen) atoms. The lowest BCUT2D eigenvalue weighted by Gasteiger charge is -2.33. The van der Waals surface area contributed by atoms with Gasteiger partial charge in [0.15, 0.2) is 5.96 Å². The van der Waals surface area contributed by atoms with Crippen molar-refractivity contribution in [1.29, 1.82) is 0 Å². The van der Waals surface area contributed by atoms with Gasteiger partial charge < -0.3 is 10.2 Å². The van der Waals surface area contributed by atoms with E-state index in [0.29, 0.717) is 11.8 Å². The Balaban J connectivity index is 0.00000196. The smallest absolute Gasteiger partial charge is 0.193 e. The molecule has 1 aliphatic carbocycles. The second-order valence-electron chi connectivity index (χ2n) is 7.07. The fraction of sp³-hybridized carbons (Fsp3) is 0.526. The third-order valence-electron chi connectivity index (χ3n) is 5.50. The Morgan fingerprint density at radius 3 is 2.69 bits per heavy atom. The van der Waals surface area contributed by atoms with Crippen molar-refractivity contribution >= 4 is 29.9 Å². The van der Waals surface area contributed by atoms with E-state index < -0.39 is 0 Å². The Morgan fingerprint density at radius 2 is 2.04 bits per heavy atom. The van der Waals surface area contributed by atoms with Crippen LogP contribution in [0, 0.1) is 5.92 Å². The number of aliphatic imine (C=N–C) groups is 1. The second kappa shape index (κ2) is 8.83. The number of nitrogens with zero attached hydrogens (tertiary/aromatic N) is 4. The molecule has 140 valence electrons. The Kier molecular flexibility index (Phi) is 6.50. The molecule has 1 saturated carbocycles. The lowest BCUT2D eigenvalue weighted by Crippen LogP contribution is -2.46. The van der Waals surface area contributed by atoms with Gasteiger partial charge in [-0.15, -0.1) is 24.0 Å². The number of hydrogen-bond acceptors (Lipinski definition) is 3. The quantitative estimate of drug-likeness (QED) is 0.413. The standard InChI is InChI=1S/C19H26N6.HI/c1-20-19(21-12-16-11-17(16)14-5-3-2-4-6-14)25-9-7-15(8-10-25)18-22-13-23-24-18;/h2-6,13,15-17H,7-12H2,1H3,(H,20,21)(H,22,23,24);1H. The normalized spacial score (nSPS) is 23.4. The van der Waals surface area contributed by atoms with Gasteiger partial charge in [-0.2, -0.15) is 5.10 Å². The molecular formula is C19H27IN6. The molecule has 0 bridgehead atoms. The van der Waals surface area contributed by atoms with Crippen molar-refractivity contribution in [2.24, 2.45) is 10.9 Å². The number of likely N-dealkylation sites (tertiary alicyclic amines) is 1. The number of H-pyrrole nitrogens is 1. The van der Waals surface area contributed by atoms with Crippen LogP contribution in [0.4, 0.5) is 0 Å². The van der Waals surface area contributed by atoms with Gasteiger partial charge in [0.25, 0.3) is 0 Å². The van der Waals surface area contributed by atoms with Crippen molar-refractivity contribution < 1.29 is 0 Å². The molecule has 1 aromatic carbocycles. The van der Waals surface area contributed by atoms with Crippen LogP contribution in [0.3, 0.4) is 0 Å². The van der Waals surface area contributed by atoms with Crippen molar-refractivity contribution in [3.63, 3.8) is 0 Å². The van der Waals surface area contributed by atoms with Gasteiger partial charge >= 0.3 is 0 Å². The van der Waals surface area contributed by atoms with Crippen LogP contribution in [0.1, 0.15) is 42.5 Å². The molecule has 6 nitrogen and oxygen atoms in total. The van der Waals surface area contributed by atoms with Crippen molar-refractivity contribution in [1.82, 2.24) is 25.4 Å². The predicted octanol–water partition coefficient (Wildman–Crippen LogP) is 2.98. The predicted molar refractivity (Wildman–Crippen MR) is 114 cm³/mol. The highest BCUT2D eigenvalue weighted by Crippen LogP contribution is 2.46. The Bertz CT molecular complexity index is 694. The number of guanidine groups is 1. The van der Waals surface area contributed by atoms with Gasteiger partial charge in [0.05, 0.1) is 0 Å². The van der Waals surface area contributed by atoms with Crippen LogP contribution in [0.25, 0.3) is 0 Å². The number of nitrogens with one attached hydrogen (secondary N) is 2. The number of aromatic amines is 1. The van der Waals surface area contributed by atoms with Crippen molar-refractivity contribution in [2.75, 3.05) is 26.7 Å². The van der Waals surface area contributed by atoms with E-state index in [1.807, 2.05) is 7.05 Å². The zero-order valence-electron chi connectivity index (χ0n) is 15.1. The van der Waals surface area contributed by atoms with E-state index >= 15 is 0 Å². The molecule has 1 aromatic heterocycles. The molecule has 2 fully saturated rings. The van der Waals surface area contributed by atoms with Gasteiger partial charge in [-0.05, 0) is 36.7 Å². The highest BCUT2D eigenvalue weighted by atomic mass is 127. The minimum atomic E-state index is 0. The van der Waals surface area contributed by atoms with E-state index in [1.54, 1.807) is 6.33 Å². The Hall–Kier alpha value is -1.64. The fourth-order valence-electron chi connectivity index (χ4n) is 3.91. The molecule has 2 heterocycles. The molecular weight excluding hydrogens is 439 g/mol. The van der Waals surface area contributed by atoms with Crippen LogP contribution < -0.4 is 5.32 Å². The van der Waals surface area contributed by atoms with Crippen LogP contribution >= 0.6 is 24.0 Å². The summed E-state index contributed by atoms with van der Waals surface area (Å²) in [6, 6.07) is 10.8. The largest absolute Gasteiger partial charge is 0.356 e. The van der Waals surface area contributed by atoms with Gasteiger partial charge in [0.2, 0.25) is 0 Å². The first-order valence-corrected chi connectivity index (χ1v) is 9.21. The SMILES string of the molecule is CN=C(NCC1CC1c1ccccc1)N1CCC(c2ncn[nH]2)CC1.I. The van der Waals surface area contributed by atoms with Gasteiger partial charge in [-0.1, -0.05) is 30.3 Å². The lowest BCUT2D eigenvalue weighted by molar-refractivity contribution is 0.298. The van der Waals surface area contributed by atoms with E-state index in [-0.39, 0.29) is 24.0 Å². The Labute approximate surface area is 171 Å². The minimum Gasteiger partial charge on any atom is -0.356 e. The van der Waals surface area contributed by atoms with Crippen molar-refractivity contribution in [3.8, 4) is 0 Å². The highest BCUT2D eigenvalue weighted by molar-refractivity contribution is 14.0. The summed E-state index contributed by atoms with van der Waals surface area (Å²) in [4.78, 5) is 11.2. The zero-order valence-corrected chi connectivity index (χ0v) is 17.5. The van der Waals surface area contributed by atoms with Crippen molar-refractivity contribution in [2.45, 2.75) is 31.1 Å². The van der Waals surface area contributed by atoms with Gasteiger partial charge in [0.1, 0.15) is 12.2 Å². The maximum Gasteiger partial charge on any atom is 0.193 e. The summed E-state index contributed by atoms with van der Waals surface area (Å²) >= 11 is 0. The molecule has 2 unspecified atom stereocenters. The maximum atomic E-state index is 4.49. The summed E-state index contributed by atoms with van der Waals surface area (Å²) in [6.45, 7) is 3.03. The molecule has 7 heteroatoms. The number of aromatic nitrogens is 3. The molecule has 0 radical (unpaired) electrons. The first-order valence-electron chi connectivity index (χ1n) is 9.21. The van der Waals surface area contributed by atoms with Crippen LogP contribution in [0.2, 0.25) is 0 Å². The lowest BCUT2D eigenvalue weighted by atomic mass is 9.96. The van der Waals surface area contributed by atoms with E-state index in [4.69, 9.17) is 0 Å². The molecule has 2 aliphatic rings. The molecule has 2 aromatic rings. The van der Waals surface area contributed by atoms with E-state index in [1.165, 1.54) is 12.0 Å². The van der Waals surface area contributed by atoms with Crippen LogP contribution in [0.15, 0.2) is 41.7 Å². The monoisotopic (exact) mass is 466 g/mol. The average molecular weight is 466 g/mol. The van der Waals surface area contributed by atoms with Gasteiger partial charge in [-0.3, -0.25) is 10.1 Å². The number of halogens is 1. The number of rotatable bonds is 4. The summed E-state index contributed by atoms with van der Waals surface area (Å²) in [7, 11) is 1.88. The molecule has 1 aliphatic heterocycles. The third kappa shape index (κ3) is 4.36. The molecule has 4 rings (SSSR count). The molecule has 1 saturated heterocycles. The molecule has 2 N–H and O–H groups in total. The maximum absolute atomic E-state index is 4.49. The summed E-state index contributed by atoms with van der Waals surface area (Å²) in [5.74, 6) is 3.98. The second-order valence-corrected chi connectivity index (χ2v) is 7.07. The molecule has 0 amide bonds. The van der Waals surface area contributed by atoms with E-state index in [2.05, 4.69) is 60.7 Å². The first kappa shape index (κ1) is 19.1. The number of benzene rings is 1. The van der Waals surface area contributed by atoms with E-state index in [0.717, 1.165) is 50.2 Å². The fourth-order valence-corrected chi connectivity index (χ4v) is 3.91. The number of piperidine rings is 1. The van der Waals surface area contributed by atoms with Crippen LogP contribution in [-0.4, -0.2) is 52.7 Å². The summed E-state index contributed by atoms with van der Waals surface area (Å²) in [5.41, 5.74) is 1.47. The summed E-state index contributed by atoms with van der Waals surface area (Å²) in [6.07, 6.45) is 5.06. The third-order valence-corrected chi connectivity index (χ3v) is 5.50. The summed E-state index contributed by atoms with van der Waals surface area (Å²) < 4.78 is 0. The van der Waals surface area contributed by atoms with Gasteiger partial charge in [-0.25, -0.2) is 4.98 Å². The first-order chi connectivity index (χ1) is 12.3. The van der Waals surface area contributed by atoms with Crippen molar-refractivity contribution in [3.05, 3.63) is 48.0 Å². The van der Waals surface area contributed by atoms with Crippen LogP contribution in [-0.2, 0) is 0 Å². The van der Waals surface area contributed by atoms with Gasteiger partial charge in [0, 0.05) is 32.6 Å². The molecule has 2 atom stereocenters. The number of hydrogen-bond donors (Lipinski definition) is 2. The van der Waals surface area contributed by atoms with Crippen LogP contribution in [0.5, 0.6) is 0 Å². The highest BCUT2D eigenvalue weighted by Gasteiger charge is 2.38. The molecule has 0 spiro atoms. The summed E-state index contributed by atoms with van der Waals surface area (Å²) in [5, 5.41) is 10.6. The minimum absolute atomic E-state index is 0. The Morgan fingerprint density at radius 1 is 1.27 bits per heavy atom. The zero-order chi connectivity index (χ0) is 17.1. The topological polar surface area (TPSA) is 69.2 Å².